The van der Waals surface area contributed by atoms with Crippen LogP contribution in [0.4, 0.5) is 13.2 Å². The van der Waals surface area contributed by atoms with Gasteiger partial charge in [0.15, 0.2) is 5.69 Å². The second kappa shape index (κ2) is 2.78. The van der Waals surface area contributed by atoms with Gasteiger partial charge in [0, 0.05) is 0 Å². The van der Waals surface area contributed by atoms with Crippen LogP contribution in [0.3, 0.4) is 0 Å². The molecular weight excluding hydrogens is 179 g/mol. The smallest absolute Gasteiger partial charge is 0.391 e. The van der Waals surface area contributed by atoms with Crippen molar-refractivity contribution in [1.82, 2.24) is 4.98 Å². The monoisotopic (exact) mass is 183 g/mol. The van der Waals surface area contributed by atoms with E-state index in [0.717, 1.165) is 16.8 Å². The first-order valence-electron chi connectivity index (χ1n) is 2.66. The predicted molar refractivity (Wildman–Crippen MR) is 33.0 cm³/mol. The molecule has 0 spiro atoms. The highest BCUT2D eigenvalue weighted by Gasteiger charge is 2.35. The van der Waals surface area contributed by atoms with Crippen molar-refractivity contribution in [2.24, 2.45) is 0 Å². The Bertz CT molecular complexity index is 244. The van der Waals surface area contributed by atoms with E-state index < -0.39 is 18.5 Å². The fourth-order valence-corrected chi connectivity index (χ4v) is 1.25. The number of aliphatic hydroxyl groups excluding tert-OH is 1. The summed E-state index contributed by atoms with van der Waals surface area (Å²) in [5.74, 6) is 0. The molecule has 0 radical (unpaired) electrons. The average Bonchev–Trinajstić information content (AvgIpc) is 2.31. The summed E-state index contributed by atoms with van der Waals surface area (Å²) in [4.78, 5) is 2.95. The summed E-state index contributed by atoms with van der Waals surface area (Å²) in [5.41, 5.74) is 0.0824. The molecule has 0 bridgehead atoms. The number of halogens is 3. The van der Waals surface area contributed by atoms with Gasteiger partial charge in [0.05, 0.1) is 17.0 Å². The van der Waals surface area contributed by atoms with E-state index in [-0.39, 0.29) is 4.88 Å². The predicted octanol–water partition coefficient (Wildman–Crippen LogP) is 1.65. The van der Waals surface area contributed by atoms with E-state index in [1.165, 1.54) is 0 Å². The van der Waals surface area contributed by atoms with Gasteiger partial charge in [-0.1, -0.05) is 0 Å². The second-order valence-corrected chi connectivity index (χ2v) is 2.72. The van der Waals surface area contributed by atoms with Crippen LogP contribution < -0.4 is 0 Å². The van der Waals surface area contributed by atoms with Crippen molar-refractivity contribution in [2.75, 3.05) is 0 Å². The van der Waals surface area contributed by atoms with E-state index in [0.29, 0.717) is 0 Å². The number of thiazole rings is 1. The first-order chi connectivity index (χ1) is 5.05. The quantitative estimate of drug-likeness (QED) is 0.718. The molecule has 2 nitrogen and oxygen atoms in total. The van der Waals surface area contributed by atoms with Crippen LogP contribution in [0.15, 0.2) is 5.51 Å². The molecule has 0 aliphatic heterocycles. The molecule has 0 fully saturated rings. The van der Waals surface area contributed by atoms with Crippen LogP contribution in [0.2, 0.25) is 0 Å². The molecule has 11 heavy (non-hydrogen) atoms. The summed E-state index contributed by atoms with van der Waals surface area (Å²) >= 11 is 0.795. The lowest BCUT2D eigenvalue weighted by Crippen LogP contribution is -2.08. The number of alkyl halides is 3. The highest BCUT2D eigenvalue weighted by molar-refractivity contribution is 7.09. The fraction of sp³-hybridized carbons (Fsp3) is 0.400. The molecule has 1 aromatic heterocycles. The van der Waals surface area contributed by atoms with Crippen LogP contribution in [-0.4, -0.2) is 10.1 Å². The largest absolute Gasteiger partial charge is 0.434 e. The van der Waals surface area contributed by atoms with Crippen LogP contribution in [0.5, 0.6) is 0 Å². The van der Waals surface area contributed by atoms with Gasteiger partial charge in [0.25, 0.3) is 0 Å². The average molecular weight is 183 g/mol. The SMILES string of the molecule is OCc1scnc1C(F)(F)F. The lowest BCUT2D eigenvalue weighted by Gasteiger charge is -2.02. The van der Waals surface area contributed by atoms with Gasteiger partial charge in [-0.25, -0.2) is 4.98 Å². The Kier molecular flexibility index (Phi) is 2.15. The normalized spacial score (nSPS) is 12.0. The molecule has 1 rings (SSSR count). The molecule has 0 saturated carbocycles. The summed E-state index contributed by atoms with van der Waals surface area (Å²) in [6.45, 7) is -0.612. The van der Waals surface area contributed by atoms with Crippen LogP contribution >= 0.6 is 11.3 Å². The van der Waals surface area contributed by atoms with E-state index in [1.807, 2.05) is 0 Å². The Hall–Kier alpha value is -0.620. The summed E-state index contributed by atoms with van der Waals surface area (Å²) in [6.07, 6.45) is -4.45. The Balaban J connectivity index is 3.02. The summed E-state index contributed by atoms with van der Waals surface area (Å²) in [7, 11) is 0. The zero-order valence-electron chi connectivity index (χ0n) is 5.22. The lowest BCUT2D eigenvalue weighted by atomic mass is 10.4. The molecule has 0 aliphatic carbocycles. The molecule has 62 valence electrons. The van der Waals surface area contributed by atoms with Gasteiger partial charge in [-0.15, -0.1) is 11.3 Å². The number of aromatic nitrogens is 1. The van der Waals surface area contributed by atoms with Crippen molar-refractivity contribution in [1.29, 1.82) is 0 Å². The van der Waals surface area contributed by atoms with Gasteiger partial charge in [0.2, 0.25) is 0 Å². The minimum Gasteiger partial charge on any atom is -0.391 e. The standard InChI is InChI=1S/C5H4F3NOS/c6-5(7,8)4-3(1-10)11-2-9-4/h2,10H,1H2. The molecule has 1 heterocycles. The van der Waals surface area contributed by atoms with Crippen molar-refractivity contribution >= 4 is 11.3 Å². The van der Waals surface area contributed by atoms with E-state index >= 15 is 0 Å². The number of hydrogen-bond donors (Lipinski definition) is 1. The molecule has 1 aromatic rings. The molecule has 1 N–H and O–H groups in total. The Labute approximate surface area is 64.3 Å². The maximum atomic E-state index is 11.9. The van der Waals surface area contributed by atoms with Gasteiger partial charge in [0.1, 0.15) is 0 Å². The van der Waals surface area contributed by atoms with E-state index in [1.54, 1.807) is 0 Å². The van der Waals surface area contributed by atoms with Gasteiger partial charge in [-0.2, -0.15) is 13.2 Å². The number of hydrogen-bond acceptors (Lipinski definition) is 3. The Morgan fingerprint density at radius 2 is 2.18 bits per heavy atom. The van der Waals surface area contributed by atoms with Crippen molar-refractivity contribution in [2.45, 2.75) is 12.8 Å². The van der Waals surface area contributed by atoms with E-state index in [2.05, 4.69) is 4.98 Å². The van der Waals surface area contributed by atoms with Crippen LogP contribution in [-0.2, 0) is 12.8 Å². The van der Waals surface area contributed by atoms with Crippen LogP contribution in [0, 0.1) is 0 Å². The molecule has 0 aromatic carbocycles. The topological polar surface area (TPSA) is 33.1 Å². The molecule has 0 amide bonds. The third-order valence-electron chi connectivity index (χ3n) is 1.05. The zero-order valence-corrected chi connectivity index (χ0v) is 6.04. The lowest BCUT2D eigenvalue weighted by molar-refractivity contribution is -0.141. The fourth-order valence-electron chi connectivity index (χ4n) is 0.614. The van der Waals surface area contributed by atoms with Gasteiger partial charge in [-0.3, -0.25) is 0 Å². The number of nitrogens with zero attached hydrogens (tertiary/aromatic N) is 1. The maximum absolute atomic E-state index is 11.9. The van der Waals surface area contributed by atoms with Crippen molar-refractivity contribution in [3.63, 3.8) is 0 Å². The Morgan fingerprint density at radius 1 is 1.55 bits per heavy atom. The number of rotatable bonds is 1. The van der Waals surface area contributed by atoms with Crippen LogP contribution in [0.1, 0.15) is 10.6 Å². The highest BCUT2D eigenvalue weighted by atomic mass is 32.1. The van der Waals surface area contributed by atoms with Crippen molar-refractivity contribution in [3.8, 4) is 0 Å². The van der Waals surface area contributed by atoms with E-state index in [9.17, 15) is 13.2 Å². The molecule has 0 saturated heterocycles. The molecule has 0 atom stereocenters. The highest BCUT2D eigenvalue weighted by Crippen LogP contribution is 2.32. The minimum atomic E-state index is -4.45. The molecular formula is C5H4F3NOS. The molecule has 6 heteroatoms. The first kappa shape index (κ1) is 8.48. The molecule has 0 unspecified atom stereocenters. The third kappa shape index (κ3) is 1.69. The Morgan fingerprint density at radius 3 is 2.55 bits per heavy atom. The second-order valence-electron chi connectivity index (χ2n) is 1.78. The van der Waals surface area contributed by atoms with Crippen molar-refractivity contribution in [3.05, 3.63) is 16.1 Å². The first-order valence-corrected chi connectivity index (χ1v) is 3.54. The summed E-state index contributed by atoms with van der Waals surface area (Å²) in [6, 6.07) is 0. The van der Waals surface area contributed by atoms with E-state index in [4.69, 9.17) is 5.11 Å². The maximum Gasteiger partial charge on any atom is 0.434 e. The van der Waals surface area contributed by atoms with Gasteiger partial charge < -0.3 is 5.11 Å². The summed E-state index contributed by atoms with van der Waals surface area (Å²) < 4.78 is 35.7. The third-order valence-corrected chi connectivity index (χ3v) is 1.87. The number of aliphatic hydroxyl groups is 1. The van der Waals surface area contributed by atoms with Crippen LogP contribution in [0.25, 0.3) is 0 Å². The zero-order chi connectivity index (χ0) is 8.48. The summed E-state index contributed by atoms with van der Waals surface area (Å²) in [5, 5.41) is 8.44. The van der Waals surface area contributed by atoms with Gasteiger partial charge in [-0.05, 0) is 0 Å². The van der Waals surface area contributed by atoms with Gasteiger partial charge >= 0.3 is 6.18 Å². The molecule has 0 aliphatic rings. The minimum absolute atomic E-state index is 0.141. The van der Waals surface area contributed by atoms with Crippen molar-refractivity contribution < 1.29 is 18.3 Å².